The summed E-state index contributed by atoms with van der Waals surface area (Å²) in [5.41, 5.74) is 9.56. The summed E-state index contributed by atoms with van der Waals surface area (Å²) in [7, 11) is -4.55. The Bertz CT molecular complexity index is 2140. The normalized spacial score (nSPS) is 12.6. The van der Waals surface area contributed by atoms with Crippen molar-refractivity contribution in [1.29, 1.82) is 0 Å². The van der Waals surface area contributed by atoms with E-state index in [2.05, 4.69) is 106 Å². The summed E-state index contributed by atoms with van der Waals surface area (Å²) >= 11 is 0. The van der Waals surface area contributed by atoms with Crippen molar-refractivity contribution in [3.63, 3.8) is 0 Å². The Morgan fingerprint density at radius 3 is 1.48 bits per heavy atom. The molecule has 4 aromatic carbocycles. The van der Waals surface area contributed by atoms with Gasteiger partial charge in [0.25, 0.3) is 0 Å². The molecule has 1 N–H and O–H groups in total. The minimum Gasteiger partial charge on any atom is -0.504 e. The van der Waals surface area contributed by atoms with Gasteiger partial charge in [0, 0.05) is 16.3 Å². The van der Waals surface area contributed by atoms with Crippen molar-refractivity contribution in [1.82, 2.24) is 0 Å². The van der Waals surface area contributed by atoms with Crippen LogP contribution in [-0.4, -0.2) is 27.2 Å². The number of aromatic hydroxyl groups is 1. The molecule has 0 amide bonds. The second-order valence-electron chi connectivity index (χ2n) is 17.9. The first-order valence-corrected chi connectivity index (χ1v) is 24.0. The molecule has 288 valence electrons. The van der Waals surface area contributed by atoms with Gasteiger partial charge >= 0.3 is 5.97 Å². The number of hydrogen-bond donors (Lipinski definition) is 1. The topological polar surface area (TPSA) is 46.5 Å². The molecule has 0 aromatic heterocycles. The molecular weight excluding hydrogens is 707 g/mol. The second kappa shape index (κ2) is 16.1. The van der Waals surface area contributed by atoms with E-state index in [1.807, 2.05) is 18.2 Å². The molecule has 0 heterocycles. The van der Waals surface area contributed by atoms with Gasteiger partial charge in [-0.1, -0.05) is 125 Å². The maximum absolute atomic E-state index is 16.2. The molecule has 3 nitrogen and oxygen atoms in total. The average molecular weight is 767 g/mol. The highest BCUT2D eigenvalue weighted by atomic mass is 28.3. The van der Waals surface area contributed by atoms with E-state index >= 15 is 8.78 Å². The number of phenols is 1. The number of halogens is 2. The number of hydrogen-bond acceptors (Lipinski definition) is 3. The Morgan fingerprint density at radius 2 is 1.06 bits per heavy atom. The molecule has 0 saturated heterocycles. The Labute approximate surface area is 325 Å². The van der Waals surface area contributed by atoms with Crippen molar-refractivity contribution in [3.05, 3.63) is 71.3 Å². The lowest BCUT2D eigenvalue weighted by atomic mass is 9.91. The van der Waals surface area contributed by atoms with Crippen LogP contribution in [0.15, 0.2) is 48.5 Å². The molecule has 0 aliphatic rings. The molecule has 0 unspecified atom stereocenters. The quantitative estimate of drug-likeness (QED) is 0.0841. The van der Waals surface area contributed by atoms with E-state index in [1.165, 1.54) is 12.1 Å². The third-order valence-electron chi connectivity index (χ3n) is 11.8. The summed E-state index contributed by atoms with van der Waals surface area (Å²) in [4.78, 5) is 13.6. The van der Waals surface area contributed by atoms with E-state index in [1.54, 1.807) is 39.0 Å². The number of ether oxygens (including phenoxy) is 1. The fourth-order valence-corrected chi connectivity index (χ4v) is 19.4. The minimum absolute atomic E-state index is 0.0660. The fraction of sp³-hybridized carbons (Fsp3) is 0.468. The largest absolute Gasteiger partial charge is 0.504 e. The zero-order valence-corrected chi connectivity index (χ0v) is 37.1. The van der Waals surface area contributed by atoms with E-state index < -0.39 is 39.2 Å². The molecule has 0 spiro atoms. The predicted octanol–water partition coefficient (Wildman–Crippen LogP) is 13.7. The smallest absolute Gasteiger partial charge is 0.316 e. The first-order chi connectivity index (χ1) is 25.0. The monoisotopic (exact) mass is 766 g/mol. The van der Waals surface area contributed by atoms with E-state index in [0.29, 0.717) is 55.1 Å². The number of esters is 1. The molecule has 0 radical (unpaired) electrons. The highest BCUT2D eigenvalue weighted by Gasteiger charge is 2.43. The standard InChI is InChI=1S/C47H60F2O3Si2/c1-28(2)53(29(3)4,30(5)6)25-23-37-40(48)21-19-34-17-16-18-36(42(34)37)39-27-35-20-22-41(49)38(24-26-54(31(7)8,32(9)10)33(11)12)43(35)44(50)45(39)52-46(51)47(13,14)15/h16-22,27-33,50H,1-15H3. The van der Waals surface area contributed by atoms with Crippen LogP contribution in [-0.2, 0) is 4.79 Å². The molecule has 0 aliphatic carbocycles. The van der Waals surface area contributed by atoms with Crippen LogP contribution in [0, 0.1) is 40.0 Å². The van der Waals surface area contributed by atoms with Gasteiger partial charge in [-0.25, -0.2) is 8.78 Å². The molecule has 0 bridgehead atoms. The summed E-state index contributed by atoms with van der Waals surface area (Å²) in [6.45, 7) is 31.7. The molecule has 0 atom stereocenters. The number of rotatable bonds is 8. The third-order valence-corrected chi connectivity index (χ3v) is 24.4. The van der Waals surface area contributed by atoms with Gasteiger partial charge in [-0.2, -0.15) is 0 Å². The lowest BCUT2D eigenvalue weighted by molar-refractivity contribution is -0.143. The van der Waals surface area contributed by atoms with Gasteiger partial charge in [0.2, 0.25) is 0 Å². The maximum Gasteiger partial charge on any atom is 0.316 e. The number of fused-ring (bicyclic) bond motifs is 2. The van der Waals surface area contributed by atoms with Crippen molar-refractivity contribution < 1.29 is 23.4 Å². The third kappa shape index (κ3) is 7.64. The van der Waals surface area contributed by atoms with Gasteiger partial charge in [-0.05, 0) is 88.6 Å². The van der Waals surface area contributed by atoms with E-state index in [9.17, 15) is 9.90 Å². The average Bonchev–Trinajstić information content (AvgIpc) is 3.06. The van der Waals surface area contributed by atoms with Gasteiger partial charge in [-0.3, -0.25) is 4.79 Å². The summed E-state index contributed by atoms with van der Waals surface area (Å²) in [6.07, 6.45) is 0. The molecule has 54 heavy (non-hydrogen) atoms. The van der Waals surface area contributed by atoms with Gasteiger partial charge in [0.05, 0.1) is 16.5 Å². The van der Waals surface area contributed by atoms with E-state index in [-0.39, 0.29) is 28.0 Å². The highest BCUT2D eigenvalue weighted by Crippen LogP contribution is 2.48. The Balaban J connectivity index is 2.19. The van der Waals surface area contributed by atoms with Gasteiger partial charge in [0.15, 0.2) is 11.5 Å². The summed E-state index contributed by atoms with van der Waals surface area (Å²) in [5.74, 6) is 4.48. The first-order valence-electron chi connectivity index (χ1n) is 19.5. The van der Waals surface area contributed by atoms with Crippen molar-refractivity contribution in [3.8, 4) is 45.6 Å². The van der Waals surface area contributed by atoms with Crippen molar-refractivity contribution in [2.45, 2.75) is 137 Å². The van der Waals surface area contributed by atoms with Crippen LogP contribution < -0.4 is 4.74 Å². The lowest BCUT2D eigenvalue weighted by Gasteiger charge is -2.38. The highest BCUT2D eigenvalue weighted by molar-refractivity contribution is 6.91. The van der Waals surface area contributed by atoms with Crippen LogP contribution in [0.1, 0.15) is 115 Å². The molecule has 4 aromatic rings. The van der Waals surface area contributed by atoms with E-state index in [0.717, 1.165) is 5.39 Å². The minimum atomic E-state index is -2.29. The van der Waals surface area contributed by atoms with Crippen molar-refractivity contribution in [2.24, 2.45) is 5.41 Å². The molecule has 4 rings (SSSR count). The molecule has 0 saturated carbocycles. The predicted molar refractivity (Wildman–Crippen MR) is 229 cm³/mol. The van der Waals surface area contributed by atoms with Crippen LogP contribution in [0.3, 0.4) is 0 Å². The van der Waals surface area contributed by atoms with Crippen LogP contribution >= 0.6 is 0 Å². The summed E-state index contributed by atoms with van der Waals surface area (Å²) < 4.78 is 38.3. The van der Waals surface area contributed by atoms with E-state index in [4.69, 9.17) is 4.74 Å². The number of carbonyl (C=O) groups excluding carboxylic acids is 1. The van der Waals surface area contributed by atoms with Crippen LogP contribution in [0.25, 0.3) is 32.7 Å². The molecular formula is C47H60F2O3Si2. The SMILES string of the molecule is CC(C)[Si](C#Cc1c(F)ccc2cccc(-c3cc4ccc(F)c(C#C[Si](C(C)C)(C(C)C)C(C)C)c4c(O)c3OC(=O)C(C)(C)C)c12)(C(C)C)C(C)C. The zero-order chi connectivity index (χ0) is 40.7. The summed E-state index contributed by atoms with van der Waals surface area (Å²) in [6, 6.07) is 13.5. The van der Waals surface area contributed by atoms with Crippen molar-refractivity contribution >= 4 is 43.7 Å². The lowest BCUT2D eigenvalue weighted by Crippen LogP contribution is -2.43. The molecule has 0 aliphatic heterocycles. The fourth-order valence-electron chi connectivity index (χ4n) is 9.01. The Hall–Kier alpha value is -3.92. The summed E-state index contributed by atoms with van der Waals surface area (Å²) in [5, 5.41) is 14.3. The number of benzene rings is 4. The van der Waals surface area contributed by atoms with Gasteiger partial charge in [0.1, 0.15) is 27.8 Å². The Morgan fingerprint density at radius 1 is 0.630 bits per heavy atom. The van der Waals surface area contributed by atoms with Crippen LogP contribution in [0.4, 0.5) is 8.78 Å². The zero-order valence-electron chi connectivity index (χ0n) is 35.1. The molecule has 7 heteroatoms. The van der Waals surface area contributed by atoms with Crippen molar-refractivity contribution in [2.75, 3.05) is 0 Å². The second-order valence-corrected chi connectivity index (χ2v) is 29.0. The molecule has 0 fully saturated rings. The number of carbonyl (C=O) groups is 1. The van der Waals surface area contributed by atoms with Gasteiger partial charge < -0.3 is 9.84 Å². The first kappa shape index (κ1) is 42.8. The maximum atomic E-state index is 16.2. The van der Waals surface area contributed by atoms with Crippen LogP contribution in [0.2, 0.25) is 33.2 Å². The Kier molecular flexibility index (Phi) is 12.7. The number of phenolic OH excluding ortho intramolecular Hbond substituents is 1. The van der Waals surface area contributed by atoms with Crippen LogP contribution in [0.5, 0.6) is 11.5 Å². The van der Waals surface area contributed by atoms with Gasteiger partial charge in [-0.15, -0.1) is 11.1 Å².